The van der Waals surface area contributed by atoms with Gasteiger partial charge in [-0.15, -0.1) is 0 Å². The summed E-state index contributed by atoms with van der Waals surface area (Å²) < 4.78 is 18.4. The van der Waals surface area contributed by atoms with Crippen LogP contribution in [0.1, 0.15) is 36.7 Å². The molecule has 1 N–H and O–H groups in total. The fourth-order valence-electron chi connectivity index (χ4n) is 1.29. The van der Waals surface area contributed by atoms with E-state index in [2.05, 4.69) is 5.32 Å². The molecule has 5 heteroatoms. The van der Waals surface area contributed by atoms with Crippen molar-refractivity contribution in [1.29, 1.82) is 0 Å². The first-order valence-corrected chi connectivity index (χ1v) is 5.52. The SMILES string of the molecule is CC(C)(C)OC(=O)NCc1cc(C=O)ccc1F. The van der Waals surface area contributed by atoms with Crippen molar-refractivity contribution in [1.82, 2.24) is 5.32 Å². The molecule has 0 aliphatic heterocycles. The number of halogens is 1. The molecule has 0 radical (unpaired) electrons. The van der Waals surface area contributed by atoms with Crippen molar-refractivity contribution in [3.05, 3.63) is 35.1 Å². The minimum absolute atomic E-state index is 0.0254. The zero-order valence-corrected chi connectivity index (χ0v) is 10.6. The van der Waals surface area contributed by atoms with Gasteiger partial charge in [0.05, 0.1) is 0 Å². The van der Waals surface area contributed by atoms with Gasteiger partial charge >= 0.3 is 6.09 Å². The van der Waals surface area contributed by atoms with Crippen molar-refractivity contribution in [2.45, 2.75) is 32.9 Å². The number of rotatable bonds is 3. The molecule has 0 atom stereocenters. The Morgan fingerprint density at radius 3 is 2.67 bits per heavy atom. The van der Waals surface area contributed by atoms with Crippen molar-refractivity contribution in [2.24, 2.45) is 0 Å². The van der Waals surface area contributed by atoms with Crippen LogP contribution in [0.25, 0.3) is 0 Å². The third kappa shape index (κ3) is 4.53. The highest BCUT2D eigenvalue weighted by Crippen LogP contribution is 2.10. The fraction of sp³-hybridized carbons (Fsp3) is 0.385. The Morgan fingerprint density at radius 2 is 2.11 bits per heavy atom. The minimum atomic E-state index is -0.626. The monoisotopic (exact) mass is 253 g/mol. The van der Waals surface area contributed by atoms with Crippen molar-refractivity contribution < 1.29 is 18.7 Å². The van der Waals surface area contributed by atoms with Crippen LogP contribution >= 0.6 is 0 Å². The van der Waals surface area contributed by atoms with Gasteiger partial charge in [0, 0.05) is 17.7 Å². The molecule has 0 saturated carbocycles. The molecule has 1 aromatic rings. The molecule has 0 saturated heterocycles. The number of benzene rings is 1. The second-order valence-corrected chi connectivity index (χ2v) is 4.82. The Kier molecular flexibility index (Phi) is 4.42. The van der Waals surface area contributed by atoms with Gasteiger partial charge in [0.2, 0.25) is 0 Å². The summed E-state index contributed by atoms with van der Waals surface area (Å²) in [5.74, 6) is -0.475. The highest BCUT2D eigenvalue weighted by molar-refractivity contribution is 5.75. The second-order valence-electron chi connectivity index (χ2n) is 4.82. The summed E-state index contributed by atoms with van der Waals surface area (Å²) in [5, 5.41) is 2.43. The van der Waals surface area contributed by atoms with Gasteiger partial charge in [-0.2, -0.15) is 0 Å². The molecule has 98 valence electrons. The van der Waals surface area contributed by atoms with Gasteiger partial charge in [-0.3, -0.25) is 4.79 Å². The lowest BCUT2D eigenvalue weighted by atomic mass is 10.1. The van der Waals surface area contributed by atoms with Crippen LogP contribution in [0.3, 0.4) is 0 Å². The van der Waals surface area contributed by atoms with Gasteiger partial charge < -0.3 is 10.1 Å². The summed E-state index contributed by atoms with van der Waals surface area (Å²) in [6.45, 7) is 5.18. The molecule has 0 aliphatic rings. The first kappa shape index (κ1) is 14.2. The molecule has 0 spiro atoms. The summed E-state index contributed by atoms with van der Waals surface area (Å²) in [5.41, 5.74) is -0.00404. The van der Waals surface area contributed by atoms with Crippen molar-refractivity contribution in [2.75, 3.05) is 0 Å². The Morgan fingerprint density at radius 1 is 1.44 bits per heavy atom. The first-order valence-electron chi connectivity index (χ1n) is 5.52. The number of carbonyl (C=O) groups excluding carboxylic acids is 2. The smallest absolute Gasteiger partial charge is 0.407 e. The molecule has 18 heavy (non-hydrogen) atoms. The second kappa shape index (κ2) is 5.62. The van der Waals surface area contributed by atoms with Crippen LogP contribution in [0.2, 0.25) is 0 Å². The van der Waals surface area contributed by atoms with Crippen LogP contribution in [0.4, 0.5) is 9.18 Å². The first-order chi connectivity index (χ1) is 8.31. The van der Waals surface area contributed by atoms with Gasteiger partial charge in [0.25, 0.3) is 0 Å². The topological polar surface area (TPSA) is 55.4 Å². The fourth-order valence-corrected chi connectivity index (χ4v) is 1.29. The van der Waals surface area contributed by atoms with Crippen LogP contribution in [0, 0.1) is 5.82 Å². The maximum Gasteiger partial charge on any atom is 0.407 e. The molecule has 0 unspecified atom stereocenters. The molecule has 4 nitrogen and oxygen atoms in total. The van der Waals surface area contributed by atoms with E-state index in [1.54, 1.807) is 20.8 Å². The maximum absolute atomic E-state index is 13.4. The van der Waals surface area contributed by atoms with E-state index in [0.717, 1.165) is 0 Å². The molecule has 0 aliphatic carbocycles. The zero-order valence-electron chi connectivity index (χ0n) is 10.6. The lowest BCUT2D eigenvalue weighted by Crippen LogP contribution is -2.32. The summed E-state index contributed by atoms with van der Waals surface area (Å²) in [7, 11) is 0. The summed E-state index contributed by atoms with van der Waals surface area (Å²) in [6, 6.07) is 3.95. The molecule has 0 fully saturated rings. The Labute approximate surface area is 105 Å². The van der Waals surface area contributed by atoms with Gasteiger partial charge in [-0.25, -0.2) is 9.18 Å². The molecular weight excluding hydrogens is 237 g/mol. The molecule has 1 rings (SSSR count). The van der Waals surface area contributed by atoms with Gasteiger partial charge in [-0.05, 0) is 39.0 Å². The van der Waals surface area contributed by atoms with Crippen LogP contribution in [-0.4, -0.2) is 18.0 Å². The number of hydrogen-bond acceptors (Lipinski definition) is 3. The number of ether oxygens (including phenoxy) is 1. The molecule has 1 amide bonds. The Hall–Kier alpha value is -1.91. The number of carbonyl (C=O) groups is 2. The lowest BCUT2D eigenvalue weighted by molar-refractivity contribution is 0.0523. The third-order valence-electron chi connectivity index (χ3n) is 2.03. The van der Waals surface area contributed by atoms with Crippen LogP contribution in [0.15, 0.2) is 18.2 Å². The lowest BCUT2D eigenvalue weighted by Gasteiger charge is -2.19. The molecule has 0 heterocycles. The Bertz CT molecular complexity index is 452. The number of hydrogen-bond donors (Lipinski definition) is 1. The summed E-state index contributed by atoms with van der Waals surface area (Å²) in [6.07, 6.45) is -0.00503. The third-order valence-corrected chi connectivity index (χ3v) is 2.03. The predicted octanol–water partition coefficient (Wildman–Crippen LogP) is 2.66. The Balaban J connectivity index is 2.63. The summed E-state index contributed by atoms with van der Waals surface area (Å²) >= 11 is 0. The van der Waals surface area contributed by atoms with E-state index in [9.17, 15) is 14.0 Å². The predicted molar refractivity (Wildman–Crippen MR) is 64.9 cm³/mol. The number of amides is 1. The quantitative estimate of drug-likeness (QED) is 0.842. The maximum atomic E-state index is 13.4. The number of alkyl carbamates (subject to hydrolysis) is 1. The molecular formula is C13H16FNO3. The van der Waals surface area contributed by atoms with E-state index in [1.165, 1.54) is 18.2 Å². The van der Waals surface area contributed by atoms with Crippen molar-refractivity contribution >= 4 is 12.4 Å². The largest absolute Gasteiger partial charge is 0.444 e. The molecule has 0 bridgehead atoms. The van der Waals surface area contributed by atoms with Gasteiger partial charge in [0.15, 0.2) is 0 Å². The van der Waals surface area contributed by atoms with Gasteiger partial charge in [-0.1, -0.05) is 0 Å². The highest BCUT2D eigenvalue weighted by Gasteiger charge is 2.16. The summed E-state index contributed by atoms with van der Waals surface area (Å²) in [4.78, 5) is 21.9. The van der Waals surface area contributed by atoms with Crippen molar-refractivity contribution in [3.63, 3.8) is 0 Å². The van der Waals surface area contributed by atoms with Crippen LogP contribution in [-0.2, 0) is 11.3 Å². The van der Waals surface area contributed by atoms with E-state index in [-0.39, 0.29) is 12.1 Å². The van der Waals surface area contributed by atoms with E-state index < -0.39 is 17.5 Å². The van der Waals surface area contributed by atoms with E-state index >= 15 is 0 Å². The highest BCUT2D eigenvalue weighted by atomic mass is 19.1. The normalized spacial score (nSPS) is 10.9. The molecule has 0 aromatic heterocycles. The molecule has 1 aromatic carbocycles. The van der Waals surface area contributed by atoms with Crippen LogP contribution in [0.5, 0.6) is 0 Å². The number of nitrogens with one attached hydrogen (secondary N) is 1. The van der Waals surface area contributed by atoms with Gasteiger partial charge in [0.1, 0.15) is 17.7 Å². The average molecular weight is 253 g/mol. The average Bonchev–Trinajstić information content (AvgIpc) is 2.25. The van der Waals surface area contributed by atoms with Crippen LogP contribution < -0.4 is 5.32 Å². The standard InChI is InChI=1S/C13H16FNO3/c1-13(2,3)18-12(17)15-7-10-6-9(8-16)4-5-11(10)14/h4-6,8H,7H2,1-3H3,(H,15,17). The number of aldehydes is 1. The minimum Gasteiger partial charge on any atom is -0.444 e. The zero-order chi connectivity index (χ0) is 13.8. The van der Waals surface area contributed by atoms with E-state index in [4.69, 9.17) is 4.74 Å². The van der Waals surface area contributed by atoms with E-state index in [1.807, 2.05) is 0 Å². The van der Waals surface area contributed by atoms with E-state index in [0.29, 0.717) is 11.8 Å². The van der Waals surface area contributed by atoms with Crippen molar-refractivity contribution in [3.8, 4) is 0 Å².